The summed E-state index contributed by atoms with van der Waals surface area (Å²) in [6.07, 6.45) is 0. The van der Waals surface area contributed by atoms with E-state index in [1.165, 1.54) is 12.1 Å². The molecule has 0 unspecified atom stereocenters. The lowest BCUT2D eigenvalue weighted by atomic mass is 9.90. The lowest BCUT2D eigenvalue weighted by Crippen LogP contribution is -2.53. The summed E-state index contributed by atoms with van der Waals surface area (Å²) in [5.41, 5.74) is 2.51. The van der Waals surface area contributed by atoms with E-state index in [-0.39, 0.29) is 29.2 Å². The Labute approximate surface area is 231 Å². The normalized spacial score (nSPS) is 14.3. The highest BCUT2D eigenvalue weighted by Gasteiger charge is 2.30. The molecule has 1 aliphatic heterocycles. The van der Waals surface area contributed by atoms with Crippen LogP contribution < -0.4 is 5.32 Å². The molecule has 1 heterocycles. The zero-order chi connectivity index (χ0) is 27.8. The zero-order valence-electron chi connectivity index (χ0n) is 23.1. The van der Waals surface area contributed by atoms with Crippen molar-refractivity contribution in [2.24, 2.45) is 0 Å². The van der Waals surface area contributed by atoms with Crippen LogP contribution in [-0.4, -0.2) is 71.4 Å². The number of halogens is 1. The Bertz CT molecular complexity index is 1160. The topological polar surface area (TPSA) is 55.9 Å². The van der Waals surface area contributed by atoms with E-state index in [9.17, 15) is 14.0 Å². The van der Waals surface area contributed by atoms with Gasteiger partial charge in [-0.1, -0.05) is 72.8 Å². The van der Waals surface area contributed by atoms with Gasteiger partial charge in [0.1, 0.15) is 5.82 Å². The van der Waals surface area contributed by atoms with Gasteiger partial charge in [-0.15, -0.1) is 0 Å². The van der Waals surface area contributed by atoms with E-state index in [4.69, 9.17) is 0 Å². The summed E-state index contributed by atoms with van der Waals surface area (Å²) >= 11 is 0. The largest absolute Gasteiger partial charge is 0.339 e. The average Bonchev–Trinajstić information content (AvgIpc) is 2.92. The molecule has 0 saturated carbocycles. The Morgan fingerprint density at radius 1 is 0.846 bits per heavy atom. The molecule has 4 rings (SSSR count). The fourth-order valence-corrected chi connectivity index (χ4v) is 4.87. The molecule has 0 radical (unpaired) electrons. The van der Waals surface area contributed by atoms with Crippen molar-refractivity contribution in [3.05, 3.63) is 107 Å². The van der Waals surface area contributed by atoms with Crippen molar-refractivity contribution in [1.82, 2.24) is 20.0 Å². The highest BCUT2D eigenvalue weighted by atomic mass is 19.1. The Kier molecular flexibility index (Phi) is 9.36. The number of carbonyl (C=O) groups excluding carboxylic acids is 2. The summed E-state index contributed by atoms with van der Waals surface area (Å²) in [5, 5.41) is 3.05. The van der Waals surface area contributed by atoms with Gasteiger partial charge >= 0.3 is 6.03 Å². The maximum Gasteiger partial charge on any atom is 0.318 e. The number of amides is 3. The smallest absolute Gasteiger partial charge is 0.318 e. The van der Waals surface area contributed by atoms with Gasteiger partial charge in [0.15, 0.2) is 0 Å². The van der Waals surface area contributed by atoms with Crippen LogP contribution in [0.5, 0.6) is 0 Å². The first-order chi connectivity index (χ1) is 18.7. The molecule has 1 saturated heterocycles. The highest BCUT2D eigenvalue weighted by Crippen LogP contribution is 2.27. The first kappa shape index (κ1) is 28.3. The van der Waals surface area contributed by atoms with E-state index < -0.39 is 0 Å². The van der Waals surface area contributed by atoms with Crippen LogP contribution in [0.3, 0.4) is 0 Å². The van der Waals surface area contributed by atoms with Crippen molar-refractivity contribution in [3.8, 4) is 0 Å². The van der Waals surface area contributed by atoms with Gasteiger partial charge in [0.2, 0.25) is 5.91 Å². The Hall–Kier alpha value is -3.71. The van der Waals surface area contributed by atoms with Gasteiger partial charge in [0.05, 0.1) is 5.92 Å². The molecule has 6 nitrogen and oxygen atoms in total. The summed E-state index contributed by atoms with van der Waals surface area (Å²) in [6.45, 7) is 10.3. The van der Waals surface area contributed by atoms with Crippen molar-refractivity contribution in [2.75, 3.05) is 39.3 Å². The predicted octanol–water partition coefficient (Wildman–Crippen LogP) is 5.11. The van der Waals surface area contributed by atoms with E-state index in [1.807, 2.05) is 86.3 Å². The number of benzene rings is 3. The van der Waals surface area contributed by atoms with E-state index in [0.717, 1.165) is 29.8 Å². The summed E-state index contributed by atoms with van der Waals surface area (Å²) in [6, 6.07) is 26.0. The molecule has 1 N–H and O–H groups in total. The minimum absolute atomic E-state index is 0.120. The molecule has 0 atom stereocenters. The van der Waals surface area contributed by atoms with Crippen molar-refractivity contribution >= 4 is 11.9 Å². The van der Waals surface area contributed by atoms with E-state index in [1.54, 1.807) is 17.0 Å². The van der Waals surface area contributed by atoms with E-state index >= 15 is 0 Å². The molecular formula is C32H39FN4O2. The van der Waals surface area contributed by atoms with Crippen LogP contribution in [0.15, 0.2) is 84.9 Å². The third-order valence-corrected chi connectivity index (χ3v) is 6.94. The number of carbonyl (C=O) groups is 2. The SMILES string of the molecule is CC(C)(C)NC(=O)N(CCN1CCN(C(=O)C(c2ccccc2)c2ccccc2)CC1)Cc1ccc(F)cc1. The molecular weight excluding hydrogens is 491 g/mol. The van der Waals surface area contributed by atoms with Crippen LogP contribution in [0.1, 0.15) is 43.4 Å². The molecule has 1 aliphatic rings. The fraction of sp³-hybridized carbons (Fsp3) is 0.375. The van der Waals surface area contributed by atoms with Crippen molar-refractivity contribution in [3.63, 3.8) is 0 Å². The Morgan fingerprint density at radius 2 is 1.38 bits per heavy atom. The molecule has 7 heteroatoms. The standard InChI is InChI=1S/C32H39FN4O2/c1-32(2,3)34-31(39)37(24-25-14-16-28(33)17-15-25)23-20-35-18-21-36(22-19-35)30(38)29(26-10-6-4-7-11-26)27-12-8-5-9-13-27/h4-17,29H,18-24H2,1-3H3,(H,34,39). The second-order valence-electron chi connectivity index (χ2n) is 11.1. The minimum atomic E-state index is -0.363. The molecule has 206 valence electrons. The van der Waals surface area contributed by atoms with Crippen molar-refractivity contribution in [2.45, 2.75) is 38.8 Å². The number of hydrogen-bond acceptors (Lipinski definition) is 3. The molecule has 3 amide bonds. The van der Waals surface area contributed by atoms with Gasteiger partial charge in [-0.2, -0.15) is 0 Å². The van der Waals surface area contributed by atoms with Crippen LogP contribution in [0.25, 0.3) is 0 Å². The average molecular weight is 531 g/mol. The number of rotatable bonds is 8. The molecule has 0 aromatic heterocycles. The van der Waals surface area contributed by atoms with Gasteiger partial charge < -0.3 is 15.1 Å². The molecule has 0 bridgehead atoms. The summed E-state index contributed by atoms with van der Waals surface area (Å²) in [5.74, 6) is -0.501. The fourth-order valence-electron chi connectivity index (χ4n) is 4.87. The molecule has 0 spiro atoms. The predicted molar refractivity (Wildman–Crippen MR) is 153 cm³/mol. The number of piperazine rings is 1. The summed E-state index contributed by atoms with van der Waals surface area (Å²) in [7, 11) is 0. The highest BCUT2D eigenvalue weighted by molar-refractivity contribution is 5.87. The van der Waals surface area contributed by atoms with Gasteiger partial charge in [-0.25, -0.2) is 9.18 Å². The minimum Gasteiger partial charge on any atom is -0.339 e. The molecule has 39 heavy (non-hydrogen) atoms. The number of hydrogen-bond donors (Lipinski definition) is 1. The van der Waals surface area contributed by atoms with E-state index in [0.29, 0.717) is 32.7 Å². The molecule has 1 fully saturated rings. The molecule has 0 aliphatic carbocycles. The first-order valence-corrected chi connectivity index (χ1v) is 13.6. The zero-order valence-corrected chi connectivity index (χ0v) is 23.1. The third-order valence-electron chi connectivity index (χ3n) is 6.94. The first-order valence-electron chi connectivity index (χ1n) is 13.6. The third kappa shape index (κ3) is 8.14. The molecule has 3 aromatic carbocycles. The summed E-state index contributed by atoms with van der Waals surface area (Å²) in [4.78, 5) is 32.8. The Balaban J connectivity index is 1.37. The number of urea groups is 1. The summed E-state index contributed by atoms with van der Waals surface area (Å²) < 4.78 is 13.4. The lowest BCUT2D eigenvalue weighted by Gasteiger charge is -2.37. The number of nitrogens with zero attached hydrogens (tertiary/aromatic N) is 3. The number of nitrogens with one attached hydrogen (secondary N) is 1. The maximum absolute atomic E-state index is 13.7. The van der Waals surface area contributed by atoms with Crippen molar-refractivity contribution < 1.29 is 14.0 Å². The lowest BCUT2D eigenvalue weighted by molar-refractivity contribution is -0.133. The van der Waals surface area contributed by atoms with Crippen LogP contribution in [0, 0.1) is 5.82 Å². The van der Waals surface area contributed by atoms with Gasteiger partial charge in [-0.3, -0.25) is 9.69 Å². The molecule has 3 aromatic rings. The van der Waals surface area contributed by atoms with Gasteiger partial charge in [0, 0.05) is 51.4 Å². The van der Waals surface area contributed by atoms with Crippen LogP contribution in [0.4, 0.5) is 9.18 Å². The van der Waals surface area contributed by atoms with Crippen molar-refractivity contribution in [1.29, 1.82) is 0 Å². The second kappa shape index (κ2) is 12.9. The Morgan fingerprint density at radius 3 is 1.90 bits per heavy atom. The van der Waals surface area contributed by atoms with Gasteiger partial charge in [0.25, 0.3) is 0 Å². The quantitative estimate of drug-likeness (QED) is 0.440. The maximum atomic E-state index is 13.7. The van der Waals surface area contributed by atoms with Gasteiger partial charge in [-0.05, 0) is 49.6 Å². The van der Waals surface area contributed by atoms with Crippen LogP contribution in [-0.2, 0) is 11.3 Å². The van der Waals surface area contributed by atoms with Crippen LogP contribution in [0.2, 0.25) is 0 Å². The van der Waals surface area contributed by atoms with Crippen LogP contribution >= 0.6 is 0 Å². The van der Waals surface area contributed by atoms with E-state index in [2.05, 4.69) is 10.2 Å². The second-order valence-corrected chi connectivity index (χ2v) is 11.1. The monoisotopic (exact) mass is 530 g/mol.